The first-order chi connectivity index (χ1) is 12.2. The highest BCUT2D eigenvalue weighted by molar-refractivity contribution is 7.91. The highest BCUT2D eigenvalue weighted by Crippen LogP contribution is 2.20. The number of aromatic nitrogens is 3. The molecule has 0 N–H and O–H groups in total. The maximum absolute atomic E-state index is 12.7. The van der Waals surface area contributed by atoms with Gasteiger partial charge in [-0.2, -0.15) is 0 Å². The average Bonchev–Trinajstić information content (AvgIpc) is 3.12. The summed E-state index contributed by atoms with van der Waals surface area (Å²) >= 11 is 5.97. The molecule has 2 aromatic rings. The van der Waals surface area contributed by atoms with Crippen LogP contribution in [0.15, 0.2) is 18.2 Å². The van der Waals surface area contributed by atoms with Gasteiger partial charge in [-0.1, -0.05) is 30.3 Å². The molecule has 0 radical (unpaired) electrons. The number of halogens is 1. The number of benzene rings is 1. The van der Waals surface area contributed by atoms with Gasteiger partial charge in [0.05, 0.1) is 11.5 Å². The number of hydrogen-bond donors (Lipinski definition) is 0. The number of amides is 1. The van der Waals surface area contributed by atoms with Crippen LogP contribution in [-0.2, 0) is 14.6 Å². The number of carbonyl (C=O) groups excluding carboxylic acids is 1. The summed E-state index contributed by atoms with van der Waals surface area (Å²) in [6.45, 7) is 4.19. The van der Waals surface area contributed by atoms with E-state index >= 15 is 0 Å². The lowest BCUT2D eigenvalue weighted by Crippen LogP contribution is -2.46. The summed E-state index contributed by atoms with van der Waals surface area (Å²) in [7, 11) is -3.08. The van der Waals surface area contributed by atoms with Crippen LogP contribution in [0.1, 0.15) is 20.3 Å². The van der Waals surface area contributed by atoms with Crippen molar-refractivity contribution in [2.24, 2.45) is 5.92 Å². The van der Waals surface area contributed by atoms with Crippen LogP contribution in [0.2, 0.25) is 5.02 Å². The zero-order valence-electron chi connectivity index (χ0n) is 14.6. The monoisotopic (exact) mass is 400 g/mol. The molecule has 26 heavy (non-hydrogen) atoms. The SMILES string of the molecule is CC(C)CN(C(=O)COn1nnc2ccc(Cl)cc21)[C@H]1CCS(=O)(=O)C1. The van der Waals surface area contributed by atoms with Crippen molar-refractivity contribution in [3.05, 3.63) is 23.2 Å². The summed E-state index contributed by atoms with van der Waals surface area (Å²) in [4.78, 5) is 21.0. The maximum Gasteiger partial charge on any atom is 0.263 e. The standard InChI is InChI=1S/C16H21ClN4O4S/c1-11(2)8-20(13-5-6-26(23,24)10-13)16(22)9-25-21-15-7-12(17)3-4-14(15)18-19-21/h3-4,7,11,13H,5-6,8-10H2,1-2H3/t13-/m0/s1. The first-order valence-corrected chi connectivity index (χ1v) is 10.6. The summed E-state index contributed by atoms with van der Waals surface area (Å²) < 4.78 is 23.5. The van der Waals surface area contributed by atoms with Crippen LogP contribution in [-0.4, -0.2) is 65.1 Å². The topological polar surface area (TPSA) is 94.4 Å². The maximum atomic E-state index is 12.7. The van der Waals surface area contributed by atoms with Gasteiger partial charge < -0.3 is 9.74 Å². The molecule has 8 nitrogen and oxygen atoms in total. The molecule has 1 saturated heterocycles. The fraction of sp³-hybridized carbons (Fsp3) is 0.562. The second-order valence-corrected chi connectivity index (χ2v) is 9.53. The lowest BCUT2D eigenvalue weighted by molar-refractivity contribution is -0.139. The number of nitrogens with zero attached hydrogens (tertiary/aromatic N) is 4. The Bertz CT molecular complexity index is 912. The number of sulfone groups is 1. The summed E-state index contributed by atoms with van der Waals surface area (Å²) in [6.07, 6.45) is 0.461. The van der Waals surface area contributed by atoms with E-state index in [-0.39, 0.29) is 36.0 Å². The van der Waals surface area contributed by atoms with Gasteiger partial charge in [0.1, 0.15) is 11.0 Å². The zero-order valence-corrected chi connectivity index (χ0v) is 16.2. The van der Waals surface area contributed by atoms with Gasteiger partial charge in [0, 0.05) is 17.6 Å². The molecule has 0 saturated carbocycles. The fourth-order valence-electron chi connectivity index (χ4n) is 3.04. The third kappa shape index (κ3) is 4.27. The Labute approximate surface area is 156 Å². The molecule has 1 aliphatic rings. The molecule has 0 aliphatic carbocycles. The summed E-state index contributed by atoms with van der Waals surface area (Å²) in [5, 5.41) is 8.33. The van der Waals surface area contributed by atoms with Crippen molar-refractivity contribution in [3.63, 3.8) is 0 Å². The van der Waals surface area contributed by atoms with Crippen molar-refractivity contribution in [3.8, 4) is 0 Å². The van der Waals surface area contributed by atoms with E-state index in [1.54, 1.807) is 23.1 Å². The minimum atomic E-state index is -3.08. The van der Waals surface area contributed by atoms with Gasteiger partial charge in [-0.3, -0.25) is 4.79 Å². The van der Waals surface area contributed by atoms with Gasteiger partial charge in [-0.15, -0.1) is 5.10 Å². The Morgan fingerprint density at radius 3 is 2.88 bits per heavy atom. The Morgan fingerprint density at radius 2 is 2.23 bits per heavy atom. The molecule has 1 atom stereocenters. The van der Waals surface area contributed by atoms with Crippen LogP contribution in [0.4, 0.5) is 0 Å². The van der Waals surface area contributed by atoms with E-state index in [4.69, 9.17) is 16.4 Å². The van der Waals surface area contributed by atoms with E-state index in [2.05, 4.69) is 10.3 Å². The summed E-state index contributed by atoms with van der Waals surface area (Å²) in [5.41, 5.74) is 1.16. The fourth-order valence-corrected chi connectivity index (χ4v) is 4.93. The van der Waals surface area contributed by atoms with Crippen molar-refractivity contribution in [1.82, 2.24) is 20.1 Å². The lowest BCUT2D eigenvalue weighted by atomic mass is 10.1. The molecular formula is C16H21ClN4O4S. The molecule has 1 aromatic heterocycles. The van der Waals surface area contributed by atoms with E-state index in [1.807, 2.05) is 13.8 Å². The van der Waals surface area contributed by atoms with E-state index in [1.165, 1.54) is 0 Å². The lowest BCUT2D eigenvalue weighted by Gasteiger charge is -2.29. The minimum absolute atomic E-state index is 0.00727. The second kappa shape index (κ2) is 7.40. The van der Waals surface area contributed by atoms with Crippen molar-refractivity contribution >= 4 is 38.4 Å². The zero-order chi connectivity index (χ0) is 18.9. The van der Waals surface area contributed by atoms with E-state index in [0.29, 0.717) is 29.0 Å². The van der Waals surface area contributed by atoms with Gasteiger partial charge in [0.25, 0.3) is 5.91 Å². The summed E-state index contributed by atoms with van der Waals surface area (Å²) in [5.74, 6) is 0.0691. The highest BCUT2D eigenvalue weighted by Gasteiger charge is 2.35. The Balaban J connectivity index is 1.72. The van der Waals surface area contributed by atoms with Crippen LogP contribution in [0, 0.1) is 5.92 Å². The van der Waals surface area contributed by atoms with Gasteiger partial charge in [-0.25, -0.2) is 8.42 Å². The highest BCUT2D eigenvalue weighted by atomic mass is 35.5. The quantitative estimate of drug-likeness (QED) is 0.722. The largest absolute Gasteiger partial charge is 0.385 e. The molecule has 2 heterocycles. The molecule has 1 aromatic carbocycles. The molecule has 1 fully saturated rings. The minimum Gasteiger partial charge on any atom is -0.385 e. The summed E-state index contributed by atoms with van der Waals surface area (Å²) in [6, 6.07) is 4.75. The van der Waals surface area contributed by atoms with Gasteiger partial charge in [0.2, 0.25) is 0 Å². The third-order valence-electron chi connectivity index (χ3n) is 4.22. The number of carbonyl (C=O) groups is 1. The molecule has 0 bridgehead atoms. The normalized spacial score (nSPS) is 19.2. The van der Waals surface area contributed by atoms with Crippen LogP contribution in [0.5, 0.6) is 0 Å². The average molecular weight is 401 g/mol. The molecule has 0 unspecified atom stereocenters. The smallest absolute Gasteiger partial charge is 0.263 e. The molecule has 1 amide bonds. The van der Waals surface area contributed by atoms with Crippen molar-refractivity contribution in [2.45, 2.75) is 26.3 Å². The molecule has 10 heteroatoms. The van der Waals surface area contributed by atoms with Crippen molar-refractivity contribution in [2.75, 3.05) is 24.7 Å². The second-order valence-electron chi connectivity index (χ2n) is 6.87. The number of rotatable bonds is 6. The van der Waals surface area contributed by atoms with Gasteiger partial charge in [0.15, 0.2) is 16.4 Å². The first-order valence-electron chi connectivity index (χ1n) is 8.39. The Kier molecular flexibility index (Phi) is 5.38. The van der Waals surface area contributed by atoms with Crippen molar-refractivity contribution < 1.29 is 18.0 Å². The molecule has 3 rings (SSSR count). The Morgan fingerprint density at radius 1 is 1.46 bits per heavy atom. The van der Waals surface area contributed by atoms with Crippen LogP contribution in [0.25, 0.3) is 11.0 Å². The number of fused-ring (bicyclic) bond motifs is 1. The van der Waals surface area contributed by atoms with Crippen LogP contribution in [0.3, 0.4) is 0 Å². The van der Waals surface area contributed by atoms with Gasteiger partial charge in [-0.05, 0) is 35.8 Å². The molecule has 0 spiro atoms. The van der Waals surface area contributed by atoms with Crippen molar-refractivity contribution in [1.29, 1.82) is 0 Å². The number of hydrogen-bond acceptors (Lipinski definition) is 6. The van der Waals surface area contributed by atoms with E-state index in [0.717, 1.165) is 4.85 Å². The predicted molar refractivity (Wildman–Crippen MR) is 97.6 cm³/mol. The molecule has 142 valence electrons. The first kappa shape index (κ1) is 18.9. The van der Waals surface area contributed by atoms with E-state index in [9.17, 15) is 13.2 Å². The predicted octanol–water partition coefficient (Wildman–Crippen LogP) is 1.18. The molecule has 1 aliphatic heterocycles. The van der Waals surface area contributed by atoms with Gasteiger partial charge >= 0.3 is 0 Å². The van der Waals surface area contributed by atoms with E-state index < -0.39 is 9.84 Å². The molecular weight excluding hydrogens is 380 g/mol. The van der Waals surface area contributed by atoms with Crippen LogP contribution >= 0.6 is 11.6 Å². The van der Waals surface area contributed by atoms with Crippen LogP contribution < -0.4 is 4.84 Å². The third-order valence-corrected chi connectivity index (χ3v) is 6.20. The Hall–Kier alpha value is -1.87.